The van der Waals surface area contributed by atoms with Gasteiger partial charge in [-0.2, -0.15) is 0 Å². The molecule has 1 N–H and O–H groups in total. The Morgan fingerprint density at radius 3 is 1.74 bits per heavy atom. The number of benzene rings is 3. The van der Waals surface area contributed by atoms with E-state index in [2.05, 4.69) is 0 Å². The molecule has 0 saturated carbocycles. The second-order valence-electron chi connectivity index (χ2n) is 8.38. The van der Waals surface area contributed by atoms with Gasteiger partial charge in [0.25, 0.3) is 0 Å². The predicted octanol–water partition coefficient (Wildman–Crippen LogP) is 4.49. The molecule has 1 heterocycles. The summed E-state index contributed by atoms with van der Waals surface area (Å²) in [4.78, 5) is 0. The minimum Gasteiger partial charge on any atom is -0.497 e. The summed E-state index contributed by atoms with van der Waals surface area (Å²) in [5.74, 6) is 0.777. The highest BCUT2D eigenvalue weighted by molar-refractivity contribution is 5.26. The van der Waals surface area contributed by atoms with Crippen molar-refractivity contribution < 1.29 is 28.8 Å². The molecule has 0 aromatic heterocycles. The van der Waals surface area contributed by atoms with Gasteiger partial charge in [-0.1, -0.05) is 72.8 Å². The molecule has 34 heavy (non-hydrogen) atoms. The van der Waals surface area contributed by atoms with Crippen LogP contribution < -0.4 is 4.74 Å². The Hall–Kier alpha value is -2.74. The lowest BCUT2D eigenvalue weighted by atomic mass is 9.99. The van der Waals surface area contributed by atoms with E-state index in [1.54, 1.807) is 7.11 Å². The topological polar surface area (TPSA) is 66.4 Å². The van der Waals surface area contributed by atoms with Gasteiger partial charge in [-0.3, -0.25) is 0 Å². The van der Waals surface area contributed by atoms with Crippen molar-refractivity contribution in [1.82, 2.24) is 0 Å². The molecule has 1 aliphatic heterocycles. The third-order valence-electron chi connectivity index (χ3n) is 5.89. The zero-order valence-electron chi connectivity index (χ0n) is 19.6. The molecule has 0 radical (unpaired) electrons. The van der Waals surface area contributed by atoms with Crippen LogP contribution in [0.2, 0.25) is 0 Å². The number of methoxy groups -OCH3 is 1. The van der Waals surface area contributed by atoms with Crippen LogP contribution in [0.25, 0.3) is 0 Å². The van der Waals surface area contributed by atoms with E-state index in [1.165, 1.54) is 0 Å². The molecule has 0 unspecified atom stereocenters. The number of aliphatic hydroxyl groups is 1. The molecule has 0 spiro atoms. The SMILES string of the molecule is COc1ccc(CO[C@@H]2O[C@@H](C)[C@H](OCc3ccccc3)[C@@H](OCc3ccccc3)[C@H]2O)cc1. The predicted molar refractivity (Wildman–Crippen MR) is 128 cm³/mol. The quantitative estimate of drug-likeness (QED) is 0.477. The summed E-state index contributed by atoms with van der Waals surface area (Å²) in [7, 11) is 1.63. The molecule has 4 rings (SSSR count). The van der Waals surface area contributed by atoms with Gasteiger partial charge in [-0.05, 0) is 35.7 Å². The van der Waals surface area contributed by atoms with Crippen molar-refractivity contribution in [2.24, 2.45) is 0 Å². The largest absolute Gasteiger partial charge is 0.497 e. The molecule has 1 fully saturated rings. The van der Waals surface area contributed by atoms with Gasteiger partial charge >= 0.3 is 0 Å². The summed E-state index contributed by atoms with van der Waals surface area (Å²) in [6.07, 6.45) is -3.27. The molecule has 5 atom stereocenters. The summed E-state index contributed by atoms with van der Waals surface area (Å²) >= 11 is 0. The summed E-state index contributed by atoms with van der Waals surface area (Å²) in [6.45, 7) is 2.96. The first-order valence-electron chi connectivity index (χ1n) is 11.5. The van der Waals surface area contributed by atoms with Crippen molar-refractivity contribution in [3.05, 3.63) is 102 Å². The number of aliphatic hydroxyl groups excluding tert-OH is 1. The van der Waals surface area contributed by atoms with Gasteiger partial charge in [0.1, 0.15) is 24.1 Å². The molecule has 6 nitrogen and oxygen atoms in total. The Kier molecular flexibility index (Phi) is 8.68. The summed E-state index contributed by atoms with van der Waals surface area (Å²) in [6, 6.07) is 27.4. The highest BCUT2D eigenvalue weighted by Crippen LogP contribution is 2.29. The second-order valence-corrected chi connectivity index (χ2v) is 8.38. The lowest BCUT2D eigenvalue weighted by Crippen LogP contribution is -2.59. The van der Waals surface area contributed by atoms with Gasteiger partial charge in [0, 0.05) is 0 Å². The van der Waals surface area contributed by atoms with Crippen LogP contribution in [-0.4, -0.2) is 42.9 Å². The summed E-state index contributed by atoms with van der Waals surface area (Å²) in [5.41, 5.74) is 3.02. The maximum Gasteiger partial charge on any atom is 0.186 e. The number of hydrogen-bond donors (Lipinski definition) is 1. The number of ether oxygens (including phenoxy) is 5. The smallest absolute Gasteiger partial charge is 0.186 e. The third kappa shape index (κ3) is 6.44. The Labute approximate surface area is 201 Å². The van der Waals surface area contributed by atoms with Crippen molar-refractivity contribution in [3.63, 3.8) is 0 Å². The highest BCUT2D eigenvalue weighted by atomic mass is 16.7. The molecular formula is C28H32O6. The van der Waals surface area contributed by atoms with Crippen LogP contribution in [0.15, 0.2) is 84.9 Å². The molecule has 0 amide bonds. The monoisotopic (exact) mass is 464 g/mol. The maximum atomic E-state index is 11.2. The zero-order chi connectivity index (χ0) is 23.8. The molecule has 3 aromatic carbocycles. The average molecular weight is 465 g/mol. The van der Waals surface area contributed by atoms with Crippen LogP contribution >= 0.6 is 0 Å². The maximum absolute atomic E-state index is 11.2. The Bertz CT molecular complexity index is 979. The lowest BCUT2D eigenvalue weighted by Gasteiger charge is -2.43. The molecule has 1 saturated heterocycles. The minimum atomic E-state index is -1.01. The molecule has 0 bridgehead atoms. The molecule has 6 heteroatoms. The van der Waals surface area contributed by atoms with E-state index in [0.29, 0.717) is 19.8 Å². The van der Waals surface area contributed by atoms with Crippen molar-refractivity contribution in [2.45, 2.75) is 57.5 Å². The van der Waals surface area contributed by atoms with E-state index < -0.39 is 24.6 Å². The molecule has 180 valence electrons. The van der Waals surface area contributed by atoms with E-state index >= 15 is 0 Å². The highest BCUT2D eigenvalue weighted by Gasteiger charge is 2.45. The van der Waals surface area contributed by atoms with Crippen LogP contribution in [0.5, 0.6) is 5.75 Å². The van der Waals surface area contributed by atoms with Gasteiger partial charge in [-0.25, -0.2) is 0 Å². The van der Waals surface area contributed by atoms with Gasteiger partial charge in [0.2, 0.25) is 0 Å². The fraction of sp³-hybridized carbons (Fsp3) is 0.357. The average Bonchev–Trinajstić information content (AvgIpc) is 2.89. The minimum absolute atomic E-state index is 0.291. The molecule has 1 aliphatic rings. The lowest BCUT2D eigenvalue weighted by molar-refractivity contribution is -0.312. The Morgan fingerprint density at radius 2 is 1.18 bits per heavy atom. The van der Waals surface area contributed by atoms with Gasteiger partial charge in [0.05, 0.1) is 33.0 Å². The van der Waals surface area contributed by atoms with Crippen LogP contribution in [-0.2, 0) is 38.8 Å². The fourth-order valence-electron chi connectivity index (χ4n) is 3.98. The van der Waals surface area contributed by atoms with Crippen LogP contribution in [0.3, 0.4) is 0 Å². The number of rotatable bonds is 10. The van der Waals surface area contributed by atoms with E-state index in [1.807, 2.05) is 91.9 Å². The number of hydrogen-bond acceptors (Lipinski definition) is 6. The first kappa shape index (κ1) is 24.4. The van der Waals surface area contributed by atoms with Crippen LogP contribution in [0, 0.1) is 0 Å². The van der Waals surface area contributed by atoms with Crippen molar-refractivity contribution in [2.75, 3.05) is 7.11 Å². The fourth-order valence-corrected chi connectivity index (χ4v) is 3.98. The third-order valence-corrected chi connectivity index (χ3v) is 5.89. The van der Waals surface area contributed by atoms with Gasteiger partial charge in [-0.15, -0.1) is 0 Å². The normalized spacial score (nSPS) is 24.6. The van der Waals surface area contributed by atoms with Gasteiger partial charge in [0.15, 0.2) is 6.29 Å². The van der Waals surface area contributed by atoms with E-state index in [-0.39, 0.29) is 6.10 Å². The standard InChI is InChI=1S/C28H32O6/c1-20-26(31-17-21-9-5-3-6-10-21)27(32-18-22-11-7-4-8-12-22)25(29)28(34-20)33-19-23-13-15-24(30-2)16-14-23/h3-16,20,25-29H,17-19H2,1-2H3/t20-,25+,26-,27-,28+/m0/s1. The molecule has 0 aliphatic carbocycles. The first-order valence-corrected chi connectivity index (χ1v) is 11.5. The van der Waals surface area contributed by atoms with E-state index in [0.717, 1.165) is 22.4 Å². The van der Waals surface area contributed by atoms with Gasteiger partial charge < -0.3 is 28.8 Å². The Morgan fingerprint density at radius 1 is 0.676 bits per heavy atom. The first-order chi connectivity index (χ1) is 16.6. The summed E-state index contributed by atoms with van der Waals surface area (Å²) in [5, 5.41) is 11.2. The van der Waals surface area contributed by atoms with Crippen molar-refractivity contribution in [3.8, 4) is 5.75 Å². The van der Waals surface area contributed by atoms with E-state index in [4.69, 9.17) is 23.7 Å². The Balaban J connectivity index is 1.44. The van der Waals surface area contributed by atoms with Crippen LogP contribution in [0.1, 0.15) is 23.6 Å². The molecular weight excluding hydrogens is 432 g/mol. The molecule has 3 aromatic rings. The zero-order valence-corrected chi connectivity index (χ0v) is 19.6. The summed E-state index contributed by atoms with van der Waals surface area (Å²) < 4.78 is 29.6. The second kappa shape index (κ2) is 12.1. The van der Waals surface area contributed by atoms with Crippen LogP contribution in [0.4, 0.5) is 0 Å². The van der Waals surface area contributed by atoms with E-state index in [9.17, 15) is 5.11 Å². The van der Waals surface area contributed by atoms with Crippen molar-refractivity contribution >= 4 is 0 Å². The van der Waals surface area contributed by atoms with Crippen molar-refractivity contribution in [1.29, 1.82) is 0 Å².